The van der Waals surface area contributed by atoms with E-state index in [2.05, 4.69) is 30.7 Å². The van der Waals surface area contributed by atoms with E-state index < -0.39 is 52.3 Å². The van der Waals surface area contributed by atoms with Gasteiger partial charge in [0.1, 0.15) is 11.6 Å². The van der Waals surface area contributed by atoms with Gasteiger partial charge in [-0.2, -0.15) is 4.39 Å². The van der Waals surface area contributed by atoms with Crippen LogP contribution in [-0.2, 0) is 10.3 Å². The van der Waals surface area contributed by atoms with Gasteiger partial charge in [-0.05, 0) is 56.2 Å². The SMILES string of the molecule is O=C(N[C@H]1CCN(CC2CC2)C[C@@H]1C(=O)NC1(c2ncccn2)CC1)c1noc(-c2ccc(F)cc2F)c1F. The lowest BCUT2D eigenvalue weighted by molar-refractivity contribution is -0.128. The number of likely N-dealkylation sites (tertiary alicyclic amines) is 1. The Labute approximate surface area is 222 Å². The molecule has 39 heavy (non-hydrogen) atoms. The first kappa shape index (κ1) is 25.5. The van der Waals surface area contributed by atoms with Gasteiger partial charge in [0.25, 0.3) is 5.91 Å². The summed E-state index contributed by atoms with van der Waals surface area (Å²) in [7, 11) is 0. The van der Waals surface area contributed by atoms with Crippen molar-refractivity contribution in [3.05, 3.63) is 65.6 Å². The minimum Gasteiger partial charge on any atom is -0.352 e. The number of aromatic nitrogens is 3. The van der Waals surface area contributed by atoms with Crippen molar-refractivity contribution in [3.8, 4) is 11.3 Å². The van der Waals surface area contributed by atoms with Gasteiger partial charge in [-0.15, -0.1) is 0 Å². The van der Waals surface area contributed by atoms with Crippen LogP contribution in [0.3, 0.4) is 0 Å². The van der Waals surface area contributed by atoms with Crippen LogP contribution in [0.5, 0.6) is 0 Å². The molecule has 1 saturated heterocycles. The van der Waals surface area contributed by atoms with E-state index in [-0.39, 0.29) is 11.5 Å². The van der Waals surface area contributed by atoms with Gasteiger partial charge >= 0.3 is 0 Å². The van der Waals surface area contributed by atoms with Crippen LogP contribution >= 0.6 is 0 Å². The lowest BCUT2D eigenvalue weighted by atomic mass is 9.90. The highest BCUT2D eigenvalue weighted by molar-refractivity contribution is 5.94. The Balaban J connectivity index is 1.20. The standard InChI is InChI=1S/C27H27F3N6O3/c28-16-4-5-17(19(29)12-16)23-21(30)22(35-39-23)25(38)33-20-6-11-36(13-15-2-3-15)14-18(20)24(37)34-27(7-8-27)26-31-9-1-10-32-26/h1,4-5,9-10,12,15,18,20H,2-3,6-8,11,13-14H2,(H,33,38)(H,34,37)/t18-,20-/m0/s1. The van der Waals surface area contributed by atoms with E-state index >= 15 is 4.39 Å². The van der Waals surface area contributed by atoms with Crippen molar-refractivity contribution in [2.45, 2.75) is 43.7 Å². The molecule has 2 N–H and O–H groups in total. The molecule has 2 aliphatic carbocycles. The summed E-state index contributed by atoms with van der Waals surface area (Å²) >= 11 is 0. The molecule has 2 amide bonds. The minimum atomic E-state index is -1.16. The normalized spacial score (nSPS) is 22.3. The van der Waals surface area contributed by atoms with Crippen molar-refractivity contribution >= 4 is 11.8 Å². The highest BCUT2D eigenvalue weighted by atomic mass is 19.1. The van der Waals surface area contributed by atoms with Crippen LogP contribution in [0.15, 0.2) is 41.2 Å². The van der Waals surface area contributed by atoms with Crippen molar-refractivity contribution in [3.63, 3.8) is 0 Å². The summed E-state index contributed by atoms with van der Waals surface area (Å²) in [6, 6.07) is 3.66. The number of hydrogen-bond acceptors (Lipinski definition) is 7. The van der Waals surface area contributed by atoms with Gasteiger partial charge < -0.3 is 20.1 Å². The number of halogens is 3. The van der Waals surface area contributed by atoms with Crippen LogP contribution in [0.4, 0.5) is 13.2 Å². The topological polar surface area (TPSA) is 113 Å². The quantitative estimate of drug-likeness (QED) is 0.451. The molecule has 2 saturated carbocycles. The van der Waals surface area contributed by atoms with Gasteiger partial charge in [-0.25, -0.2) is 18.7 Å². The van der Waals surface area contributed by atoms with Crippen LogP contribution in [0, 0.1) is 29.3 Å². The van der Waals surface area contributed by atoms with E-state index in [1.165, 1.54) is 12.8 Å². The van der Waals surface area contributed by atoms with Crippen molar-refractivity contribution in [1.29, 1.82) is 0 Å². The molecule has 3 aromatic rings. The smallest absolute Gasteiger partial charge is 0.276 e. The Bertz CT molecular complexity index is 1390. The lowest BCUT2D eigenvalue weighted by Gasteiger charge is -2.38. The van der Waals surface area contributed by atoms with Crippen LogP contribution in [-0.4, -0.2) is 57.5 Å². The summed E-state index contributed by atoms with van der Waals surface area (Å²) in [6.45, 7) is 2.00. The number of piperidine rings is 1. The first-order valence-corrected chi connectivity index (χ1v) is 13.1. The summed E-state index contributed by atoms with van der Waals surface area (Å²) in [6.07, 6.45) is 7.51. The predicted molar refractivity (Wildman–Crippen MR) is 131 cm³/mol. The molecule has 0 radical (unpaired) electrons. The minimum absolute atomic E-state index is 0.236. The summed E-state index contributed by atoms with van der Waals surface area (Å²) < 4.78 is 47.5. The number of carbonyl (C=O) groups is 2. The van der Waals surface area contributed by atoms with Gasteiger partial charge in [0.05, 0.1) is 17.0 Å². The maximum Gasteiger partial charge on any atom is 0.276 e. The van der Waals surface area contributed by atoms with Crippen molar-refractivity contribution in [2.24, 2.45) is 11.8 Å². The average Bonchev–Trinajstić information content (AvgIpc) is 3.86. The van der Waals surface area contributed by atoms with E-state index in [1.807, 2.05) is 0 Å². The molecule has 0 spiro atoms. The van der Waals surface area contributed by atoms with Gasteiger partial charge in [-0.1, -0.05) is 5.16 Å². The van der Waals surface area contributed by atoms with Crippen molar-refractivity contribution in [2.75, 3.05) is 19.6 Å². The third-order valence-corrected chi connectivity index (χ3v) is 7.70. The fourth-order valence-electron chi connectivity index (χ4n) is 5.19. The second-order valence-electron chi connectivity index (χ2n) is 10.6. The summed E-state index contributed by atoms with van der Waals surface area (Å²) in [5.41, 5.74) is -1.65. The maximum absolute atomic E-state index is 15.1. The van der Waals surface area contributed by atoms with Gasteiger partial charge in [-0.3, -0.25) is 9.59 Å². The molecular formula is C27H27F3N6O3. The number of carbonyl (C=O) groups excluding carboxylic acids is 2. The van der Waals surface area contributed by atoms with Gasteiger partial charge in [0, 0.05) is 44.1 Å². The first-order valence-electron chi connectivity index (χ1n) is 13.1. The molecule has 0 unspecified atom stereocenters. The predicted octanol–water partition coefficient (Wildman–Crippen LogP) is 3.18. The van der Waals surface area contributed by atoms with Gasteiger partial charge in [0.2, 0.25) is 23.2 Å². The van der Waals surface area contributed by atoms with E-state index in [0.29, 0.717) is 50.2 Å². The Hall–Kier alpha value is -3.80. The maximum atomic E-state index is 15.1. The molecule has 0 bridgehead atoms. The molecule has 12 heteroatoms. The zero-order valence-corrected chi connectivity index (χ0v) is 21.0. The first-order chi connectivity index (χ1) is 18.8. The molecule has 3 aliphatic rings. The lowest BCUT2D eigenvalue weighted by Crippen LogP contribution is -2.57. The second-order valence-corrected chi connectivity index (χ2v) is 10.6. The molecule has 204 valence electrons. The zero-order valence-electron chi connectivity index (χ0n) is 21.0. The molecule has 9 nitrogen and oxygen atoms in total. The Morgan fingerprint density at radius 3 is 2.56 bits per heavy atom. The molecule has 2 atom stereocenters. The fraction of sp³-hybridized carbons (Fsp3) is 0.444. The highest BCUT2D eigenvalue weighted by Crippen LogP contribution is 2.44. The van der Waals surface area contributed by atoms with Crippen LogP contribution in [0.1, 0.15) is 48.4 Å². The zero-order chi connectivity index (χ0) is 27.1. The third-order valence-electron chi connectivity index (χ3n) is 7.70. The number of rotatable bonds is 8. The number of nitrogens with one attached hydrogen (secondary N) is 2. The number of nitrogens with zero attached hydrogens (tertiary/aromatic N) is 4. The number of hydrogen-bond donors (Lipinski definition) is 2. The Morgan fingerprint density at radius 2 is 1.87 bits per heavy atom. The van der Waals surface area contributed by atoms with E-state index in [1.54, 1.807) is 18.5 Å². The Morgan fingerprint density at radius 1 is 1.10 bits per heavy atom. The summed E-state index contributed by atoms with van der Waals surface area (Å²) in [5.74, 6) is -4.20. The molecule has 6 rings (SSSR count). The molecule has 3 fully saturated rings. The molecule has 1 aromatic carbocycles. The van der Waals surface area contributed by atoms with Crippen LogP contribution < -0.4 is 10.6 Å². The Kier molecular flexibility index (Phi) is 6.57. The van der Waals surface area contributed by atoms with E-state index in [4.69, 9.17) is 4.52 Å². The molecular weight excluding hydrogens is 513 g/mol. The van der Waals surface area contributed by atoms with Crippen LogP contribution in [0.2, 0.25) is 0 Å². The van der Waals surface area contributed by atoms with E-state index in [0.717, 1.165) is 18.7 Å². The van der Waals surface area contributed by atoms with Crippen molar-refractivity contribution in [1.82, 2.24) is 30.7 Å². The average molecular weight is 541 g/mol. The molecule has 1 aliphatic heterocycles. The van der Waals surface area contributed by atoms with Gasteiger partial charge in [0.15, 0.2) is 5.82 Å². The molecule has 2 aromatic heterocycles. The summed E-state index contributed by atoms with van der Waals surface area (Å²) in [4.78, 5) is 37.5. The van der Waals surface area contributed by atoms with Crippen LogP contribution in [0.25, 0.3) is 11.3 Å². The monoisotopic (exact) mass is 540 g/mol. The van der Waals surface area contributed by atoms with Crippen molar-refractivity contribution < 1.29 is 27.3 Å². The largest absolute Gasteiger partial charge is 0.352 e. The number of benzene rings is 1. The fourth-order valence-corrected chi connectivity index (χ4v) is 5.19. The third kappa shape index (κ3) is 5.25. The van der Waals surface area contributed by atoms with E-state index in [9.17, 15) is 18.4 Å². The summed E-state index contributed by atoms with van der Waals surface area (Å²) in [5, 5.41) is 9.38. The number of amides is 2. The second kappa shape index (κ2) is 10.1. The molecule has 3 heterocycles. The highest BCUT2D eigenvalue weighted by Gasteiger charge is 2.50.